The Kier molecular flexibility index (Phi) is 35.2. The molecule has 0 amide bonds. The number of nitrogens with zero attached hydrogens (tertiary/aromatic N) is 1. The molecule has 0 aliphatic heterocycles. The second-order valence-corrected chi connectivity index (χ2v) is 16.8. The zero-order valence-electron chi connectivity index (χ0n) is 35.2. The maximum Gasteiger partial charge on any atom is 0.472 e. The van der Waals surface area contributed by atoms with Gasteiger partial charge >= 0.3 is 19.8 Å². The SMILES string of the molecule is CC/C=C/C/C=C/C/C=C/CCCCCCCC(=O)OC[C@H](COP(=O)(O)OCC[N+](C)(C)C)OC(=O)CCCCCCC/C=C/CCCCCCCC. The van der Waals surface area contributed by atoms with Crippen LogP contribution in [0.25, 0.3) is 0 Å². The number of esters is 2. The lowest BCUT2D eigenvalue weighted by molar-refractivity contribution is -0.870. The number of phosphoric acid groups is 1. The molecule has 54 heavy (non-hydrogen) atoms. The predicted octanol–water partition coefficient (Wildman–Crippen LogP) is 11.9. The number of rotatable bonds is 38. The Morgan fingerprint density at radius 2 is 1.06 bits per heavy atom. The van der Waals surface area contributed by atoms with Crippen molar-refractivity contribution in [2.24, 2.45) is 0 Å². The number of likely N-dealkylation sites (N-methyl/N-ethyl adjacent to an activating group) is 1. The lowest BCUT2D eigenvalue weighted by atomic mass is 10.1. The van der Waals surface area contributed by atoms with Crippen molar-refractivity contribution in [1.29, 1.82) is 0 Å². The Bertz CT molecular complexity index is 1070. The molecule has 1 N–H and O–H groups in total. The van der Waals surface area contributed by atoms with Gasteiger partial charge in [-0.1, -0.05) is 133 Å². The standard InChI is InChI=1S/C44H80NO8P/c1-6-8-10-12-14-16-18-20-22-24-26-28-30-32-34-36-43(46)50-40-42(41-52-54(48,49)51-39-38-45(3,4)5)53-44(47)37-35-33-31-29-27-25-23-21-19-17-15-13-11-9-7-2/h8,10,14,16,20-23,42H,6-7,9,11-13,15,17-19,24-41H2,1-5H3/p+1/b10-8+,16-14+,22-20+,23-21+/t42-/m1/s1. The van der Waals surface area contributed by atoms with Crippen LogP contribution in [0.2, 0.25) is 0 Å². The lowest BCUT2D eigenvalue weighted by Crippen LogP contribution is -2.37. The van der Waals surface area contributed by atoms with E-state index in [0.717, 1.165) is 83.5 Å². The van der Waals surface area contributed by atoms with Gasteiger partial charge in [0.25, 0.3) is 0 Å². The Hall–Kier alpha value is -2.03. The number of allylic oxidation sites excluding steroid dienone is 8. The van der Waals surface area contributed by atoms with Crippen LogP contribution in [0, 0.1) is 0 Å². The molecule has 0 saturated heterocycles. The van der Waals surface area contributed by atoms with Crippen molar-refractivity contribution >= 4 is 19.8 Å². The van der Waals surface area contributed by atoms with Crippen molar-refractivity contribution in [2.45, 2.75) is 174 Å². The molecule has 0 radical (unpaired) electrons. The molecule has 0 bridgehead atoms. The summed E-state index contributed by atoms with van der Waals surface area (Å²) in [5.74, 6) is -0.831. The first-order valence-corrected chi connectivity index (χ1v) is 22.9. The largest absolute Gasteiger partial charge is 0.472 e. The van der Waals surface area contributed by atoms with E-state index in [1.165, 1.54) is 44.9 Å². The second-order valence-electron chi connectivity index (χ2n) is 15.3. The van der Waals surface area contributed by atoms with E-state index in [4.69, 9.17) is 18.5 Å². The Morgan fingerprint density at radius 1 is 0.593 bits per heavy atom. The highest BCUT2D eigenvalue weighted by Gasteiger charge is 2.27. The molecule has 0 aromatic heterocycles. The second kappa shape index (κ2) is 36.6. The molecule has 2 atom stereocenters. The van der Waals surface area contributed by atoms with Gasteiger partial charge in [0.2, 0.25) is 0 Å². The van der Waals surface area contributed by atoms with Gasteiger partial charge in [0.1, 0.15) is 19.8 Å². The first-order valence-electron chi connectivity index (χ1n) is 21.4. The van der Waals surface area contributed by atoms with Crippen LogP contribution >= 0.6 is 7.82 Å². The number of hydrogen-bond donors (Lipinski definition) is 1. The third-order valence-corrected chi connectivity index (χ3v) is 9.83. The number of carbonyl (C=O) groups excluding carboxylic acids is 2. The smallest absolute Gasteiger partial charge is 0.462 e. The van der Waals surface area contributed by atoms with Crippen LogP contribution in [0.15, 0.2) is 48.6 Å². The number of ether oxygens (including phenoxy) is 2. The maximum absolute atomic E-state index is 12.7. The van der Waals surface area contributed by atoms with Gasteiger partial charge in [0.05, 0.1) is 27.7 Å². The topological polar surface area (TPSA) is 108 Å². The van der Waals surface area contributed by atoms with Gasteiger partial charge in [-0.25, -0.2) is 4.57 Å². The first kappa shape index (κ1) is 52.0. The molecule has 0 aliphatic carbocycles. The summed E-state index contributed by atoms with van der Waals surface area (Å²) in [4.78, 5) is 35.3. The third-order valence-electron chi connectivity index (χ3n) is 8.84. The molecular formula is C44H81NO8P+. The highest BCUT2D eigenvalue weighted by Crippen LogP contribution is 2.43. The van der Waals surface area contributed by atoms with Crippen molar-refractivity contribution in [3.63, 3.8) is 0 Å². The van der Waals surface area contributed by atoms with E-state index in [9.17, 15) is 19.0 Å². The van der Waals surface area contributed by atoms with Gasteiger partial charge in [0.15, 0.2) is 6.10 Å². The van der Waals surface area contributed by atoms with E-state index in [2.05, 4.69) is 62.5 Å². The van der Waals surface area contributed by atoms with Crippen molar-refractivity contribution in [2.75, 3.05) is 47.5 Å². The predicted molar refractivity (Wildman–Crippen MR) is 224 cm³/mol. The summed E-state index contributed by atoms with van der Waals surface area (Å²) in [6, 6.07) is 0. The van der Waals surface area contributed by atoms with Crippen molar-refractivity contribution < 1.29 is 42.1 Å². The van der Waals surface area contributed by atoms with Gasteiger partial charge in [0, 0.05) is 12.8 Å². The average Bonchev–Trinajstić information content (AvgIpc) is 3.12. The summed E-state index contributed by atoms with van der Waals surface area (Å²) in [7, 11) is 1.45. The van der Waals surface area contributed by atoms with Crippen LogP contribution in [0.3, 0.4) is 0 Å². The van der Waals surface area contributed by atoms with Crippen molar-refractivity contribution in [3.8, 4) is 0 Å². The molecule has 0 aromatic carbocycles. The van der Waals surface area contributed by atoms with Gasteiger partial charge in [-0.15, -0.1) is 0 Å². The van der Waals surface area contributed by atoms with Crippen LogP contribution in [-0.2, 0) is 32.7 Å². The molecule has 0 rings (SSSR count). The Morgan fingerprint density at radius 3 is 1.59 bits per heavy atom. The molecule has 0 saturated carbocycles. The van der Waals surface area contributed by atoms with Crippen LogP contribution in [0.4, 0.5) is 0 Å². The Labute approximate surface area is 331 Å². The van der Waals surface area contributed by atoms with E-state index in [1.807, 2.05) is 21.1 Å². The average molecular weight is 783 g/mol. The first-order chi connectivity index (χ1) is 26.0. The molecule has 1 unspecified atom stereocenters. The molecule has 0 spiro atoms. The highest BCUT2D eigenvalue weighted by molar-refractivity contribution is 7.47. The summed E-state index contributed by atoms with van der Waals surface area (Å²) in [5.41, 5.74) is 0. The van der Waals surface area contributed by atoms with E-state index < -0.39 is 26.5 Å². The summed E-state index contributed by atoms with van der Waals surface area (Å²) in [6.07, 6.45) is 41.5. The van der Waals surface area contributed by atoms with E-state index >= 15 is 0 Å². The zero-order chi connectivity index (χ0) is 40.0. The van der Waals surface area contributed by atoms with Gasteiger partial charge < -0.3 is 18.9 Å². The molecule has 0 aromatic rings. The fourth-order valence-electron chi connectivity index (χ4n) is 5.49. The van der Waals surface area contributed by atoms with Crippen molar-refractivity contribution in [3.05, 3.63) is 48.6 Å². The van der Waals surface area contributed by atoms with E-state index in [-0.39, 0.29) is 32.0 Å². The van der Waals surface area contributed by atoms with Crippen LogP contribution in [0.1, 0.15) is 168 Å². The number of phosphoric ester groups is 1. The maximum atomic E-state index is 12.7. The minimum Gasteiger partial charge on any atom is -0.462 e. The molecule has 0 heterocycles. The quantitative estimate of drug-likeness (QED) is 0.0217. The van der Waals surface area contributed by atoms with Crippen LogP contribution in [0.5, 0.6) is 0 Å². The Balaban J connectivity index is 4.42. The van der Waals surface area contributed by atoms with Crippen LogP contribution in [-0.4, -0.2) is 74.9 Å². The summed E-state index contributed by atoms with van der Waals surface area (Å²) < 4.78 is 34.2. The van der Waals surface area contributed by atoms with Gasteiger partial charge in [-0.3, -0.25) is 18.6 Å². The fraction of sp³-hybridized carbons (Fsp3) is 0.773. The summed E-state index contributed by atoms with van der Waals surface area (Å²) >= 11 is 0. The zero-order valence-corrected chi connectivity index (χ0v) is 36.1. The van der Waals surface area contributed by atoms with E-state index in [0.29, 0.717) is 23.9 Å². The normalized spacial score (nSPS) is 14.1. The minimum atomic E-state index is -4.38. The summed E-state index contributed by atoms with van der Waals surface area (Å²) in [5, 5.41) is 0. The molecule has 0 aliphatic rings. The number of quaternary nitrogens is 1. The fourth-order valence-corrected chi connectivity index (χ4v) is 6.23. The van der Waals surface area contributed by atoms with Crippen molar-refractivity contribution in [1.82, 2.24) is 0 Å². The highest BCUT2D eigenvalue weighted by atomic mass is 31.2. The van der Waals surface area contributed by atoms with Gasteiger partial charge in [-0.2, -0.15) is 0 Å². The number of carbonyl (C=O) groups is 2. The molecule has 314 valence electrons. The monoisotopic (exact) mass is 783 g/mol. The minimum absolute atomic E-state index is 0.0257. The van der Waals surface area contributed by atoms with Gasteiger partial charge in [-0.05, 0) is 70.6 Å². The lowest BCUT2D eigenvalue weighted by Gasteiger charge is -2.24. The third kappa shape index (κ3) is 39.7. The number of hydrogen-bond acceptors (Lipinski definition) is 7. The molecule has 0 fully saturated rings. The summed E-state index contributed by atoms with van der Waals surface area (Å²) in [6.45, 7) is 4.26. The number of unbranched alkanes of at least 4 members (excludes halogenated alkanes) is 16. The molecule has 9 nitrogen and oxygen atoms in total. The van der Waals surface area contributed by atoms with E-state index in [1.54, 1.807) is 0 Å². The van der Waals surface area contributed by atoms with Crippen LogP contribution < -0.4 is 0 Å². The molecular weight excluding hydrogens is 701 g/mol. The molecule has 10 heteroatoms.